The zero-order valence-electron chi connectivity index (χ0n) is 36.9. The monoisotopic (exact) mass is 995 g/mol. The quantitative estimate of drug-likeness (QED) is 0.0737. The highest BCUT2D eigenvalue weighted by molar-refractivity contribution is 6.66. The highest BCUT2D eigenvalue weighted by Crippen LogP contribution is 2.33. The highest BCUT2D eigenvalue weighted by atomic mass is 35.5. The second kappa shape index (κ2) is 24.9. The number of nitrogens with zero attached hydrogens (tertiary/aromatic N) is 8. The number of ether oxygens (including phenoxy) is 2. The molecule has 3 N–H and O–H groups in total. The van der Waals surface area contributed by atoms with Crippen LogP contribution in [0.3, 0.4) is 0 Å². The second-order valence-corrected chi connectivity index (χ2v) is 17.2. The molecule has 66 heavy (non-hydrogen) atoms. The zero-order valence-corrected chi connectivity index (χ0v) is 40.7. The highest BCUT2D eigenvalue weighted by Gasteiger charge is 2.31. The summed E-state index contributed by atoms with van der Waals surface area (Å²) in [4.78, 5) is 50.8. The maximum Gasteiger partial charge on any atom is 0.246 e. The number of anilines is 4. The van der Waals surface area contributed by atoms with E-state index in [0.29, 0.717) is 85.6 Å². The van der Waals surface area contributed by atoms with Crippen molar-refractivity contribution < 1.29 is 19.1 Å². The van der Waals surface area contributed by atoms with Gasteiger partial charge in [-0.05, 0) is 94.4 Å². The van der Waals surface area contributed by atoms with E-state index in [4.69, 9.17) is 67.5 Å². The van der Waals surface area contributed by atoms with Crippen molar-refractivity contribution in [3.8, 4) is 11.8 Å². The minimum Gasteiger partial charge on any atom is -0.472 e. The number of hydrogen-bond donors (Lipinski definition) is 3. The first-order valence-electron chi connectivity index (χ1n) is 20.8. The minimum atomic E-state index is -0.509. The van der Waals surface area contributed by atoms with E-state index in [1.165, 1.54) is 18.7 Å². The number of halogens is 5. The SMILES string of the molecule is C=CC(=O)Cl.C=CC(=O)N1CC(Oc2cc3c(Nc4ccc(Cl)cc4Cl)ncnc3cn2)C1.CCN(C(C)C)C(C)C.Clc1ccc(Nc2ncnc3cnc(OC4CNC4)cc23)c(Cl)c1. The molecule has 15 nitrogen and oxygen atoms in total. The zero-order chi connectivity index (χ0) is 47.9. The summed E-state index contributed by atoms with van der Waals surface area (Å²) in [7, 11) is 0. The number of carbonyl (C=O) groups excluding carboxylic acids is 2. The number of fused-ring (bicyclic) bond motifs is 2. The Balaban J connectivity index is 0.000000194. The predicted molar refractivity (Wildman–Crippen MR) is 266 cm³/mol. The predicted octanol–water partition coefficient (Wildman–Crippen LogP) is 10.3. The Morgan fingerprint density at radius 1 is 0.742 bits per heavy atom. The molecular weight excluding hydrogens is 948 g/mol. The largest absolute Gasteiger partial charge is 0.472 e. The first-order valence-corrected chi connectivity index (χ1v) is 22.7. The van der Waals surface area contributed by atoms with Crippen LogP contribution in [0.15, 0.2) is 98.9 Å². The van der Waals surface area contributed by atoms with Crippen LogP contribution in [0.2, 0.25) is 20.1 Å². The lowest BCUT2D eigenvalue weighted by Crippen LogP contribution is -2.55. The molecule has 0 radical (unpaired) electrons. The van der Waals surface area contributed by atoms with Gasteiger partial charge in [0.15, 0.2) is 0 Å². The molecule has 0 bridgehead atoms. The summed E-state index contributed by atoms with van der Waals surface area (Å²) in [5.41, 5.74) is 2.76. The first-order chi connectivity index (χ1) is 31.6. The number of benzene rings is 2. The van der Waals surface area contributed by atoms with Gasteiger partial charge in [-0.15, -0.1) is 0 Å². The van der Waals surface area contributed by atoms with Gasteiger partial charge < -0.3 is 30.3 Å². The lowest BCUT2D eigenvalue weighted by molar-refractivity contribution is -0.134. The van der Waals surface area contributed by atoms with Crippen molar-refractivity contribution in [3.05, 3.63) is 119 Å². The average molecular weight is 998 g/mol. The molecular formula is C46H50Cl5N11O4. The molecule has 6 heterocycles. The molecule has 348 valence electrons. The smallest absolute Gasteiger partial charge is 0.246 e. The molecule has 0 atom stereocenters. The normalized spacial score (nSPS) is 13.3. The van der Waals surface area contributed by atoms with E-state index in [2.05, 4.69) is 98.5 Å². The average Bonchev–Trinajstić information content (AvgIpc) is 3.26. The van der Waals surface area contributed by atoms with Crippen LogP contribution < -0.4 is 25.4 Å². The molecule has 20 heteroatoms. The van der Waals surface area contributed by atoms with Gasteiger partial charge in [0, 0.05) is 58.1 Å². The van der Waals surface area contributed by atoms with Crippen molar-refractivity contribution in [2.45, 2.75) is 58.9 Å². The fourth-order valence-electron chi connectivity index (χ4n) is 6.48. The third kappa shape index (κ3) is 14.8. The van der Waals surface area contributed by atoms with Gasteiger partial charge in [-0.2, -0.15) is 0 Å². The van der Waals surface area contributed by atoms with Crippen LogP contribution in [0.5, 0.6) is 11.8 Å². The van der Waals surface area contributed by atoms with Gasteiger partial charge in [0.05, 0.1) is 57.9 Å². The van der Waals surface area contributed by atoms with Gasteiger partial charge in [-0.3, -0.25) is 14.5 Å². The third-order valence-corrected chi connectivity index (χ3v) is 11.1. The van der Waals surface area contributed by atoms with E-state index in [0.717, 1.165) is 42.0 Å². The Morgan fingerprint density at radius 2 is 1.20 bits per heavy atom. The Hall–Kier alpha value is -5.39. The Morgan fingerprint density at radius 3 is 1.55 bits per heavy atom. The summed E-state index contributed by atoms with van der Waals surface area (Å²) in [5, 5.41) is 12.7. The number of amides is 1. The number of pyridine rings is 2. The van der Waals surface area contributed by atoms with Crippen LogP contribution >= 0.6 is 58.0 Å². The number of nitrogens with one attached hydrogen (secondary N) is 3. The molecule has 2 aromatic carbocycles. The fraction of sp³-hybridized carbons (Fsp3) is 0.304. The number of carbonyl (C=O) groups is 2. The molecule has 4 aromatic heterocycles. The van der Waals surface area contributed by atoms with Crippen LogP contribution in [-0.2, 0) is 9.59 Å². The molecule has 0 unspecified atom stereocenters. The number of allylic oxidation sites excluding steroid dienone is 1. The molecule has 2 saturated heterocycles. The molecule has 8 rings (SSSR count). The summed E-state index contributed by atoms with van der Waals surface area (Å²) in [6, 6.07) is 15.4. The van der Waals surface area contributed by atoms with Crippen LogP contribution in [0.1, 0.15) is 34.6 Å². The molecule has 0 spiro atoms. The van der Waals surface area contributed by atoms with Gasteiger partial charge in [-0.1, -0.05) is 66.5 Å². The molecule has 0 aliphatic carbocycles. The lowest BCUT2D eigenvalue weighted by Gasteiger charge is -2.37. The second-order valence-electron chi connectivity index (χ2n) is 15.1. The number of aromatic nitrogens is 6. The van der Waals surface area contributed by atoms with Crippen molar-refractivity contribution in [2.75, 3.05) is 43.4 Å². The van der Waals surface area contributed by atoms with Crippen LogP contribution in [0.25, 0.3) is 21.8 Å². The fourth-order valence-corrected chi connectivity index (χ4v) is 7.39. The third-order valence-electron chi connectivity index (χ3n) is 9.87. The summed E-state index contributed by atoms with van der Waals surface area (Å²) in [6.07, 6.45) is 8.60. The van der Waals surface area contributed by atoms with Gasteiger partial charge in [0.1, 0.15) is 36.5 Å². The van der Waals surface area contributed by atoms with Gasteiger partial charge in [-0.25, -0.2) is 29.9 Å². The van der Waals surface area contributed by atoms with Gasteiger partial charge >= 0.3 is 0 Å². The van der Waals surface area contributed by atoms with Crippen molar-refractivity contribution in [1.82, 2.24) is 45.0 Å². The summed E-state index contributed by atoms with van der Waals surface area (Å²) in [6.45, 7) is 21.5. The van der Waals surface area contributed by atoms with E-state index in [-0.39, 0.29) is 18.1 Å². The molecule has 6 aromatic rings. The lowest BCUT2D eigenvalue weighted by atomic mass is 10.1. The molecule has 2 aliphatic heterocycles. The first kappa shape index (κ1) is 51.6. The molecule has 2 fully saturated rings. The van der Waals surface area contributed by atoms with Gasteiger partial charge in [0.2, 0.25) is 22.9 Å². The van der Waals surface area contributed by atoms with Crippen molar-refractivity contribution in [2.24, 2.45) is 0 Å². The number of hydrogen-bond acceptors (Lipinski definition) is 14. The van der Waals surface area contributed by atoms with Crippen LogP contribution in [-0.4, -0.2) is 108 Å². The molecule has 1 amide bonds. The maximum atomic E-state index is 11.5. The number of likely N-dealkylation sites (tertiary alicyclic amines) is 1. The minimum absolute atomic E-state index is 0.106. The van der Waals surface area contributed by atoms with Crippen molar-refractivity contribution in [3.63, 3.8) is 0 Å². The van der Waals surface area contributed by atoms with E-state index in [9.17, 15) is 9.59 Å². The van der Waals surface area contributed by atoms with Gasteiger partial charge in [0.25, 0.3) is 0 Å². The van der Waals surface area contributed by atoms with E-state index >= 15 is 0 Å². The van der Waals surface area contributed by atoms with Crippen LogP contribution in [0.4, 0.5) is 23.0 Å². The van der Waals surface area contributed by atoms with Crippen LogP contribution in [0, 0.1) is 0 Å². The van der Waals surface area contributed by atoms with E-state index in [1.807, 2.05) is 6.07 Å². The molecule has 0 saturated carbocycles. The van der Waals surface area contributed by atoms with Crippen molar-refractivity contribution >= 4 is 114 Å². The Bertz CT molecular complexity index is 2620. The summed E-state index contributed by atoms with van der Waals surface area (Å²) in [5.74, 6) is 2.07. The standard InChI is InChI=1S/C19H15Cl2N5O2.C16H13Cl2N5O.C8H19N.C3H3ClO/c1-2-18(27)26-8-12(9-26)28-17-6-13-16(7-22-17)23-10-24-19(13)25-15-4-3-11(20)5-14(15)21;17-9-1-2-13(12(18)3-9)23-16-11-4-15(24-10-5-19-6-10)20-7-14(11)21-8-22-16;1-6-9(7(2)3)8(4)5;1-2-3(4)5/h2-7,10,12H,1,8-9H2,(H,23,24,25);1-4,7-8,10,19H,5-6H2,(H,21,22,23);7-8H,6H2,1-5H3;2H,1H2. The summed E-state index contributed by atoms with van der Waals surface area (Å²) < 4.78 is 11.7. The topological polar surface area (TPSA) is 173 Å². The maximum absolute atomic E-state index is 11.5. The Kier molecular flexibility index (Phi) is 19.5. The summed E-state index contributed by atoms with van der Waals surface area (Å²) >= 11 is 29.1. The number of rotatable bonds is 13. The Labute approximate surface area is 408 Å². The van der Waals surface area contributed by atoms with E-state index in [1.54, 1.807) is 59.8 Å². The van der Waals surface area contributed by atoms with Crippen molar-refractivity contribution in [1.29, 1.82) is 0 Å². The molecule has 2 aliphatic rings. The van der Waals surface area contributed by atoms with E-state index < -0.39 is 5.24 Å².